The molecule has 0 aliphatic heterocycles. The maximum Gasteiger partial charge on any atom is 0.434 e. The number of carbonyl (C=O) groups is 1. The quantitative estimate of drug-likeness (QED) is 0.391. The Kier molecular flexibility index (Phi) is 8.12. The average Bonchev–Trinajstić information content (AvgIpc) is 2.97. The molecule has 7 nitrogen and oxygen atoms in total. The number of aromatic nitrogens is 1. The van der Waals surface area contributed by atoms with Crippen LogP contribution >= 0.6 is 11.3 Å². The van der Waals surface area contributed by atoms with Gasteiger partial charge in [-0.15, -0.1) is 11.3 Å². The van der Waals surface area contributed by atoms with Crippen molar-refractivity contribution in [3.63, 3.8) is 0 Å². The summed E-state index contributed by atoms with van der Waals surface area (Å²) in [4.78, 5) is 19.0. The lowest BCUT2D eigenvalue weighted by Crippen LogP contribution is -2.43. The zero-order valence-electron chi connectivity index (χ0n) is 15.2. The number of carbonyl (C=O) groups excluding carboxylic acids is 1. The Morgan fingerprint density at radius 3 is 2.35 bits per heavy atom. The Hall–Kier alpha value is -2.04. The van der Waals surface area contributed by atoms with Crippen molar-refractivity contribution in [3.05, 3.63) is 16.1 Å². The van der Waals surface area contributed by atoms with Crippen molar-refractivity contribution in [2.45, 2.75) is 39.0 Å². The maximum atomic E-state index is 12.5. The molecule has 3 N–H and O–H groups in total. The van der Waals surface area contributed by atoms with Gasteiger partial charge in [0.15, 0.2) is 11.7 Å². The largest absolute Gasteiger partial charge is 0.444 e. The fraction of sp³-hybridized carbons (Fsp3) is 0.667. The molecule has 148 valence electrons. The number of hydrogen-bond acceptors (Lipinski definition) is 5. The first-order valence-electron chi connectivity index (χ1n) is 7.94. The Labute approximate surface area is 154 Å². The molecular formula is C15H24F3N5O2S. The molecule has 0 atom stereocenters. The highest BCUT2D eigenvalue weighted by atomic mass is 32.1. The number of amides is 1. The molecule has 0 fully saturated rings. The van der Waals surface area contributed by atoms with Crippen LogP contribution in [0.2, 0.25) is 0 Å². The van der Waals surface area contributed by atoms with Crippen LogP contribution in [0.1, 0.15) is 31.5 Å². The fourth-order valence-corrected chi connectivity index (χ4v) is 2.53. The van der Waals surface area contributed by atoms with Crippen LogP contribution in [-0.4, -0.2) is 49.3 Å². The van der Waals surface area contributed by atoms with Gasteiger partial charge in [-0.2, -0.15) is 13.2 Å². The zero-order chi connectivity index (χ0) is 19.8. The van der Waals surface area contributed by atoms with Gasteiger partial charge in [0.2, 0.25) is 0 Å². The predicted molar refractivity (Wildman–Crippen MR) is 94.4 cm³/mol. The molecule has 0 aromatic carbocycles. The molecule has 0 spiro atoms. The van der Waals surface area contributed by atoms with Gasteiger partial charge < -0.3 is 20.7 Å². The normalized spacial score (nSPS) is 12.7. The second kappa shape index (κ2) is 9.60. The van der Waals surface area contributed by atoms with E-state index in [2.05, 4.69) is 25.9 Å². The van der Waals surface area contributed by atoms with Crippen LogP contribution in [0.3, 0.4) is 0 Å². The van der Waals surface area contributed by atoms with Crippen LogP contribution < -0.4 is 16.0 Å². The molecular weight excluding hydrogens is 371 g/mol. The number of nitrogens with zero attached hydrogens (tertiary/aromatic N) is 2. The van der Waals surface area contributed by atoms with E-state index in [9.17, 15) is 18.0 Å². The van der Waals surface area contributed by atoms with Crippen LogP contribution in [0, 0.1) is 0 Å². The molecule has 0 unspecified atom stereocenters. The molecule has 0 bridgehead atoms. The standard InChI is InChI=1S/C15H24F3N5O2S/c1-14(2,3)25-13(24)22-8-7-21-12(19-4)20-6-5-11-23-10(9-26-11)15(16,17)18/h9H,5-8H2,1-4H3,(H,22,24)(H2,19,20,21). The highest BCUT2D eigenvalue weighted by Crippen LogP contribution is 2.29. The molecule has 1 amide bonds. The van der Waals surface area contributed by atoms with Crippen molar-refractivity contribution in [1.82, 2.24) is 20.9 Å². The van der Waals surface area contributed by atoms with Gasteiger partial charge in [0.25, 0.3) is 0 Å². The minimum Gasteiger partial charge on any atom is -0.444 e. The average molecular weight is 395 g/mol. The summed E-state index contributed by atoms with van der Waals surface area (Å²) < 4.78 is 42.6. The number of guanidine groups is 1. The third-order valence-electron chi connectivity index (χ3n) is 2.78. The Balaban J connectivity index is 2.25. The minimum atomic E-state index is -4.42. The summed E-state index contributed by atoms with van der Waals surface area (Å²) in [5, 5.41) is 9.94. The Morgan fingerprint density at radius 2 is 1.81 bits per heavy atom. The third-order valence-corrected chi connectivity index (χ3v) is 3.69. The number of alkyl carbamates (subject to hydrolysis) is 1. The molecule has 0 saturated heterocycles. The van der Waals surface area contributed by atoms with E-state index in [1.54, 1.807) is 27.8 Å². The number of nitrogens with one attached hydrogen (secondary N) is 3. The van der Waals surface area contributed by atoms with Crippen molar-refractivity contribution < 1.29 is 22.7 Å². The van der Waals surface area contributed by atoms with E-state index < -0.39 is 23.6 Å². The molecule has 1 aromatic rings. The van der Waals surface area contributed by atoms with E-state index in [1.807, 2.05) is 0 Å². The van der Waals surface area contributed by atoms with Gasteiger partial charge in [0.05, 0.1) is 5.01 Å². The fourth-order valence-electron chi connectivity index (χ4n) is 1.72. The van der Waals surface area contributed by atoms with Crippen molar-refractivity contribution in [3.8, 4) is 0 Å². The smallest absolute Gasteiger partial charge is 0.434 e. The van der Waals surface area contributed by atoms with Crippen LogP contribution in [0.4, 0.5) is 18.0 Å². The molecule has 1 rings (SSSR count). The predicted octanol–water partition coefficient (Wildman–Crippen LogP) is 2.39. The molecule has 0 saturated carbocycles. The first-order chi connectivity index (χ1) is 12.0. The number of rotatable bonds is 6. The van der Waals surface area contributed by atoms with Crippen LogP contribution in [0.15, 0.2) is 10.4 Å². The second-order valence-corrected chi connectivity index (χ2v) is 7.17. The van der Waals surface area contributed by atoms with E-state index in [0.717, 1.165) is 16.7 Å². The number of alkyl halides is 3. The summed E-state index contributed by atoms with van der Waals surface area (Å²) in [5.41, 5.74) is -1.43. The first-order valence-corrected chi connectivity index (χ1v) is 8.82. The van der Waals surface area contributed by atoms with E-state index >= 15 is 0 Å². The minimum absolute atomic E-state index is 0.330. The van der Waals surface area contributed by atoms with E-state index in [0.29, 0.717) is 37.0 Å². The van der Waals surface area contributed by atoms with Crippen molar-refractivity contribution in [1.29, 1.82) is 0 Å². The first kappa shape index (κ1) is 22.0. The van der Waals surface area contributed by atoms with Gasteiger partial charge in [-0.05, 0) is 20.8 Å². The lowest BCUT2D eigenvalue weighted by atomic mass is 10.2. The van der Waals surface area contributed by atoms with Crippen LogP contribution in [0.5, 0.6) is 0 Å². The second-order valence-electron chi connectivity index (χ2n) is 6.23. The van der Waals surface area contributed by atoms with Crippen LogP contribution in [-0.2, 0) is 17.3 Å². The number of hydrogen-bond donors (Lipinski definition) is 3. The summed E-state index contributed by atoms with van der Waals surface area (Å²) in [7, 11) is 1.57. The number of halogens is 3. The van der Waals surface area contributed by atoms with Gasteiger partial charge in [-0.25, -0.2) is 9.78 Å². The number of ether oxygens (including phenoxy) is 1. The van der Waals surface area contributed by atoms with Crippen molar-refractivity contribution >= 4 is 23.4 Å². The zero-order valence-corrected chi connectivity index (χ0v) is 16.0. The number of aliphatic imine (C=N–C) groups is 1. The lowest BCUT2D eigenvalue weighted by molar-refractivity contribution is -0.140. The molecule has 1 aromatic heterocycles. The van der Waals surface area contributed by atoms with Gasteiger partial charge in [-0.1, -0.05) is 0 Å². The van der Waals surface area contributed by atoms with Gasteiger partial charge in [0.1, 0.15) is 5.60 Å². The van der Waals surface area contributed by atoms with Crippen LogP contribution in [0.25, 0.3) is 0 Å². The van der Waals surface area contributed by atoms with Crippen molar-refractivity contribution in [2.24, 2.45) is 4.99 Å². The Bertz CT molecular complexity index is 611. The van der Waals surface area contributed by atoms with E-state index in [1.165, 1.54) is 0 Å². The van der Waals surface area contributed by atoms with E-state index in [4.69, 9.17) is 4.74 Å². The summed E-state index contributed by atoms with van der Waals surface area (Å²) in [6.07, 6.45) is -4.58. The topological polar surface area (TPSA) is 87.6 Å². The molecule has 1 heterocycles. The Morgan fingerprint density at radius 1 is 1.19 bits per heavy atom. The molecule has 0 aliphatic carbocycles. The summed E-state index contributed by atoms with van der Waals surface area (Å²) in [5.74, 6) is 0.476. The molecule has 26 heavy (non-hydrogen) atoms. The highest BCUT2D eigenvalue weighted by Gasteiger charge is 2.33. The molecule has 0 radical (unpaired) electrons. The molecule has 11 heteroatoms. The third kappa shape index (κ3) is 8.88. The SMILES string of the molecule is CN=C(NCCNC(=O)OC(C)(C)C)NCCc1nc(C(F)(F)F)cs1. The summed E-state index contributed by atoms with van der Waals surface area (Å²) in [6, 6.07) is 0. The highest BCUT2D eigenvalue weighted by molar-refractivity contribution is 7.09. The van der Waals surface area contributed by atoms with Crippen molar-refractivity contribution in [2.75, 3.05) is 26.7 Å². The van der Waals surface area contributed by atoms with Gasteiger partial charge in [0, 0.05) is 38.5 Å². The number of thiazole rings is 1. The molecule has 0 aliphatic rings. The maximum absolute atomic E-state index is 12.5. The summed E-state index contributed by atoms with van der Waals surface area (Å²) >= 11 is 0.972. The van der Waals surface area contributed by atoms with Gasteiger partial charge in [-0.3, -0.25) is 4.99 Å². The lowest BCUT2D eigenvalue weighted by Gasteiger charge is -2.19. The van der Waals surface area contributed by atoms with E-state index in [-0.39, 0.29) is 0 Å². The van der Waals surface area contributed by atoms with Gasteiger partial charge >= 0.3 is 12.3 Å². The monoisotopic (exact) mass is 395 g/mol. The summed E-state index contributed by atoms with van der Waals surface area (Å²) in [6.45, 7) is 6.44.